The first-order valence-corrected chi connectivity index (χ1v) is 7.46. The van der Waals surface area contributed by atoms with Crippen LogP contribution in [-0.2, 0) is 13.1 Å². The van der Waals surface area contributed by atoms with E-state index in [1.165, 1.54) is 49.1 Å². The van der Waals surface area contributed by atoms with Gasteiger partial charge in [0.25, 0.3) is 0 Å². The third kappa shape index (κ3) is 3.14. The fourth-order valence-electron chi connectivity index (χ4n) is 3.03. The lowest BCUT2D eigenvalue weighted by Crippen LogP contribution is -2.17. The number of nitrogens with zero attached hydrogens (tertiary/aromatic N) is 2. The largest absolute Gasteiger partial charge is 0.313 e. The van der Waals surface area contributed by atoms with E-state index in [0.717, 1.165) is 25.6 Å². The average Bonchev–Trinajstić information content (AvgIpc) is 2.64. The quantitative estimate of drug-likeness (QED) is 0.868. The molecule has 0 bridgehead atoms. The second-order valence-electron chi connectivity index (χ2n) is 5.62. The van der Waals surface area contributed by atoms with Crippen LogP contribution in [-0.4, -0.2) is 16.3 Å². The number of rotatable bonds is 5. The van der Waals surface area contributed by atoms with Gasteiger partial charge < -0.3 is 5.32 Å². The highest BCUT2D eigenvalue weighted by molar-refractivity contribution is 5.24. The molecule has 102 valence electrons. The molecule has 0 aromatic carbocycles. The minimum atomic E-state index is 0.851. The van der Waals surface area contributed by atoms with Crippen molar-refractivity contribution in [1.82, 2.24) is 15.1 Å². The van der Waals surface area contributed by atoms with E-state index >= 15 is 0 Å². The molecule has 1 aliphatic rings. The summed E-state index contributed by atoms with van der Waals surface area (Å²) in [6, 6.07) is 0. The van der Waals surface area contributed by atoms with Crippen LogP contribution in [0.1, 0.15) is 56.0 Å². The van der Waals surface area contributed by atoms with Gasteiger partial charge in [-0.25, -0.2) is 0 Å². The van der Waals surface area contributed by atoms with Gasteiger partial charge in [-0.1, -0.05) is 26.2 Å². The molecule has 1 heterocycles. The highest BCUT2D eigenvalue weighted by Crippen LogP contribution is 2.26. The van der Waals surface area contributed by atoms with Crippen LogP contribution in [0.5, 0.6) is 0 Å². The Hall–Kier alpha value is -0.830. The summed E-state index contributed by atoms with van der Waals surface area (Å²) in [5.74, 6) is 0.851. The molecule has 18 heavy (non-hydrogen) atoms. The monoisotopic (exact) mass is 249 g/mol. The second kappa shape index (κ2) is 6.37. The van der Waals surface area contributed by atoms with E-state index in [4.69, 9.17) is 5.10 Å². The van der Waals surface area contributed by atoms with Crippen LogP contribution in [0.15, 0.2) is 0 Å². The van der Waals surface area contributed by atoms with Gasteiger partial charge in [-0.15, -0.1) is 0 Å². The van der Waals surface area contributed by atoms with E-state index < -0.39 is 0 Å². The van der Waals surface area contributed by atoms with Gasteiger partial charge in [-0.05, 0) is 39.2 Å². The van der Waals surface area contributed by atoms with Crippen LogP contribution in [0, 0.1) is 19.8 Å². The van der Waals surface area contributed by atoms with Crippen molar-refractivity contribution in [1.29, 1.82) is 0 Å². The van der Waals surface area contributed by atoms with Gasteiger partial charge in [0.15, 0.2) is 0 Å². The molecular weight excluding hydrogens is 222 g/mol. The van der Waals surface area contributed by atoms with Crippen molar-refractivity contribution in [2.24, 2.45) is 5.92 Å². The minimum absolute atomic E-state index is 0.851. The van der Waals surface area contributed by atoms with Crippen molar-refractivity contribution in [3.05, 3.63) is 17.0 Å². The first-order valence-electron chi connectivity index (χ1n) is 7.46. The second-order valence-corrected chi connectivity index (χ2v) is 5.62. The molecule has 1 aromatic heterocycles. The van der Waals surface area contributed by atoms with Crippen LogP contribution in [0.3, 0.4) is 0 Å². The average molecular weight is 249 g/mol. The lowest BCUT2D eigenvalue weighted by molar-refractivity contribution is 0.305. The van der Waals surface area contributed by atoms with Crippen molar-refractivity contribution in [2.45, 2.75) is 66.0 Å². The van der Waals surface area contributed by atoms with E-state index in [2.05, 4.69) is 30.8 Å². The van der Waals surface area contributed by atoms with Crippen molar-refractivity contribution in [2.75, 3.05) is 6.54 Å². The highest BCUT2D eigenvalue weighted by atomic mass is 15.3. The molecule has 0 spiro atoms. The third-order valence-corrected chi connectivity index (χ3v) is 4.24. The Morgan fingerprint density at radius 2 is 1.94 bits per heavy atom. The van der Waals surface area contributed by atoms with Crippen LogP contribution < -0.4 is 5.32 Å². The predicted molar refractivity (Wildman–Crippen MR) is 75.7 cm³/mol. The minimum Gasteiger partial charge on any atom is -0.313 e. The Morgan fingerprint density at radius 1 is 1.22 bits per heavy atom. The molecule has 3 nitrogen and oxygen atoms in total. The van der Waals surface area contributed by atoms with Gasteiger partial charge >= 0.3 is 0 Å². The SMILES string of the molecule is CCNCc1c(C)nn(CC2CCCCC2)c1C. The Labute approximate surface area is 111 Å². The van der Waals surface area contributed by atoms with Crippen molar-refractivity contribution in [3.63, 3.8) is 0 Å². The zero-order valence-electron chi connectivity index (χ0n) is 12.1. The van der Waals surface area contributed by atoms with Gasteiger partial charge in [-0.2, -0.15) is 5.10 Å². The Kier molecular flexibility index (Phi) is 4.81. The van der Waals surface area contributed by atoms with E-state index in [9.17, 15) is 0 Å². The number of hydrogen-bond acceptors (Lipinski definition) is 2. The molecule has 3 heteroatoms. The van der Waals surface area contributed by atoms with Gasteiger partial charge in [-0.3, -0.25) is 4.68 Å². The molecule has 1 aliphatic carbocycles. The maximum absolute atomic E-state index is 4.73. The fraction of sp³-hybridized carbons (Fsp3) is 0.800. The fourth-order valence-corrected chi connectivity index (χ4v) is 3.03. The summed E-state index contributed by atoms with van der Waals surface area (Å²) in [5, 5.41) is 8.14. The van der Waals surface area contributed by atoms with Crippen LogP contribution >= 0.6 is 0 Å². The Balaban J connectivity index is 2.03. The molecule has 1 fully saturated rings. The van der Waals surface area contributed by atoms with Gasteiger partial charge in [0.1, 0.15) is 0 Å². The lowest BCUT2D eigenvalue weighted by atomic mass is 9.89. The summed E-state index contributed by atoms with van der Waals surface area (Å²) in [6.45, 7) is 9.61. The standard InChI is InChI=1S/C15H27N3/c1-4-16-10-15-12(2)17-18(13(15)3)11-14-8-6-5-7-9-14/h14,16H,4-11H2,1-3H3. The summed E-state index contributed by atoms with van der Waals surface area (Å²) in [6.07, 6.45) is 7.03. The van der Waals surface area contributed by atoms with E-state index in [-0.39, 0.29) is 0 Å². The first-order chi connectivity index (χ1) is 8.72. The van der Waals surface area contributed by atoms with E-state index in [1.54, 1.807) is 0 Å². The Bertz CT molecular complexity index is 375. The topological polar surface area (TPSA) is 29.9 Å². The van der Waals surface area contributed by atoms with E-state index in [0.29, 0.717) is 0 Å². The van der Waals surface area contributed by atoms with Crippen molar-refractivity contribution < 1.29 is 0 Å². The molecular formula is C15H27N3. The summed E-state index contributed by atoms with van der Waals surface area (Å²) in [7, 11) is 0. The molecule has 1 aromatic rings. The lowest BCUT2D eigenvalue weighted by Gasteiger charge is -2.22. The smallest absolute Gasteiger partial charge is 0.0641 e. The first kappa shape index (κ1) is 13.6. The molecule has 2 rings (SSSR count). The third-order valence-electron chi connectivity index (χ3n) is 4.24. The summed E-state index contributed by atoms with van der Waals surface area (Å²) in [4.78, 5) is 0. The zero-order valence-corrected chi connectivity index (χ0v) is 12.1. The summed E-state index contributed by atoms with van der Waals surface area (Å²) in [5.41, 5.74) is 3.95. The van der Waals surface area contributed by atoms with E-state index in [1.807, 2.05) is 0 Å². The van der Waals surface area contributed by atoms with Crippen LogP contribution in [0.4, 0.5) is 0 Å². The van der Waals surface area contributed by atoms with Gasteiger partial charge in [0, 0.05) is 24.3 Å². The molecule has 0 atom stereocenters. The molecule has 0 saturated heterocycles. The normalized spacial score (nSPS) is 17.3. The maximum Gasteiger partial charge on any atom is 0.0641 e. The molecule has 0 unspecified atom stereocenters. The summed E-state index contributed by atoms with van der Waals surface area (Å²) >= 11 is 0. The van der Waals surface area contributed by atoms with Crippen molar-refractivity contribution in [3.8, 4) is 0 Å². The van der Waals surface area contributed by atoms with Crippen molar-refractivity contribution >= 4 is 0 Å². The van der Waals surface area contributed by atoms with Gasteiger partial charge in [0.05, 0.1) is 5.69 Å². The highest BCUT2D eigenvalue weighted by Gasteiger charge is 2.17. The Morgan fingerprint density at radius 3 is 2.61 bits per heavy atom. The van der Waals surface area contributed by atoms with Gasteiger partial charge in [0.2, 0.25) is 0 Å². The zero-order chi connectivity index (χ0) is 13.0. The van der Waals surface area contributed by atoms with Crippen LogP contribution in [0.2, 0.25) is 0 Å². The van der Waals surface area contributed by atoms with Crippen LogP contribution in [0.25, 0.3) is 0 Å². The maximum atomic E-state index is 4.73. The summed E-state index contributed by atoms with van der Waals surface area (Å²) < 4.78 is 2.25. The molecule has 1 saturated carbocycles. The molecule has 1 N–H and O–H groups in total. The number of nitrogens with one attached hydrogen (secondary N) is 1. The number of aromatic nitrogens is 2. The number of hydrogen-bond donors (Lipinski definition) is 1. The molecule has 0 amide bonds. The molecule has 0 aliphatic heterocycles. The molecule has 0 radical (unpaired) electrons. The predicted octanol–water partition coefficient (Wildman–Crippen LogP) is 3.19. The number of aryl methyl sites for hydroxylation is 1.